The first-order valence-corrected chi connectivity index (χ1v) is 6.08. The van der Waals surface area contributed by atoms with Crippen LogP contribution in [0.5, 0.6) is 0 Å². The van der Waals surface area contributed by atoms with Crippen molar-refractivity contribution in [2.24, 2.45) is 5.92 Å². The highest BCUT2D eigenvalue weighted by molar-refractivity contribution is 5.94. The number of ether oxygens (including phenoxy) is 1. The predicted molar refractivity (Wildman–Crippen MR) is 66.7 cm³/mol. The van der Waals surface area contributed by atoms with E-state index in [9.17, 15) is 9.18 Å². The van der Waals surface area contributed by atoms with Gasteiger partial charge in [-0.3, -0.25) is 4.79 Å². The minimum absolute atomic E-state index is 0.0341. The van der Waals surface area contributed by atoms with Crippen molar-refractivity contribution in [2.75, 3.05) is 25.5 Å². The molecule has 1 unspecified atom stereocenters. The van der Waals surface area contributed by atoms with Crippen molar-refractivity contribution in [3.05, 3.63) is 29.6 Å². The Labute approximate surface area is 105 Å². The summed E-state index contributed by atoms with van der Waals surface area (Å²) in [6.45, 7) is 2.09. The first-order chi connectivity index (χ1) is 8.66. The number of nitrogens with two attached hydrogens (primary N) is 1. The zero-order valence-electron chi connectivity index (χ0n) is 10.1. The van der Waals surface area contributed by atoms with Crippen LogP contribution in [-0.2, 0) is 4.74 Å². The maximum Gasteiger partial charge on any atom is 0.254 e. The molecule has 0 radical (unpaired) electrons. The molecule has 0 aromatic heterocycles. The van der Waals surface area contributed by atoms with Crippen molar-refractivity contribution >= 4 is 11.6 Å². The molecule has 1 heterocycles. The topological polar surface area (TPSA) is 64.4 Å². The lowest BCUT2D eigenvalue weighted by Crippen LogP contribution is -2.26. The van der Waals surface area contributed by atoms with Crippen molar-refractivity contribution in [2.45, 2.75) is 12.8 Å². The molecule has 0 bridgehead atoms. The lowest BCUT2D eigenvalue weighted by atomic mass is 10.1. The Bertz CT molecular complexity index is 431. The van der Waals surface area contributed by atoms with Gasteiger partial charge in [0.2, 0.25) is 0 Å². The molecule has 1 atom stereocenters. The molecular weight excluding hydrogens is 235 g/mol. The molecule has 0 aliphatic carbocycles. The minimum atomic E-state index is -0.586. The predicted octanol–water partition coefficient (Wildman–Crippen LogP) is 1.56. The monoisotopic (exact) mass is 252 g/mol. The van der Waals surface area contributed by atoms with Crippen LogP contribution in [0.4, 0.5) is 10.1 Å². The van der Waals surface area contributed by atoms with Crippen LogP contribution in [0.1, 0.15) is 23.2 Å². The highest BCUT2D eigenvalue weighted by atomic mass is 19.1. The Morgan fingerprint density at radius 1 is 1.56 bits per heavy atom. The molecule has 18 heavy (non-hydrogen) atoms. The van der Waals surface area contributed by atoms with E-state index >= 15 is 0 Å². The van der Waals surface area contributed by atoms with E-state index in [1.54, 1.807) is 0 Å². The number of anilines is 1. The van der Waals surface area contributed by atoms with Crippen LogP contribution >= 0.6 is 0 Å². The number of hydrogen-bond acceptors (Lipinski definition) is 3. The second-order valence-corrected chi connectivity index (χ2v) is 4.51. The number of nitrogen functional groups attached to an aromatic ring is 1. The van der Waals surface area contributed by atoms with Crippen molar-refractivity contribution in [3.8, 4) is 0 Å². The van der Waals surface area contributed by atoms with Crippen molar-refractivity contribution < 1.29 is 13.9 Å². The normalized spacial score (nSPS) is 18.8. The molecular formula is C13H17FN2O2. The van der Waals surface area contributed by atoms with E-state index in [0.717, 1.165) is 32.1 Å². The molecule has 1 aliphatic rings. The third-order valence-corrected chi connectivity index (χ3v) is 3.10. The fourth-order valence-electron chi connectivity index (χ4n) is 2.01. The van der Waals surface area contributed by atoms with Crippen LogP contribution in [0.15, 0.2) is 18.2 Å². The Hall–Kier alpha value is -1.62. The molecule has 0 saturated carbocycles. The van der Waals surface area contributed by atoms with Gasteiger partial charge in [0, 0.05) is 25.4 Å². The zero-order chi connectivity index (χ0) is 13.0. The first kappa shape index (κ1) is 12.8. The summed E-state index contributed by atoms with van der Waals surface area (Å²) in [7, 11) is 0. The maximum absolute atomic E-state index is 13.5. The highest BCUT2D eigenvalue weighted by Gasteiger charge is 2.16. The molecule has 0 spiro atoms. The van der Waals surface area contributed by atoms with Gasteiger partial charge >= 0.3 is 0 Å². The number of rotatable bonds is 4. The van der Waals surface area contributed by atoms with E-state index in [-0.39, 0.29) is 5.56 Å². The molecule has 3 N–H and O–H groups in total. The van der Waals surface area contributed by atoms with Crippen molar-refractivity contribution in [1.29, 1.82) is 0 Å². The highest BCUT2D eigenvalue weighted by Crippen LogP contribution is 2.15. The second-order valence-electron chi connectivity index (χ2n) is 4.51. The maximum atomic E-state index is 13.5. The summed E-state index contributed by atoms with van der Waals surface area (Å²) in [6, 6.07) is 4.07. The number of carbonyl (C=O) groups is 1. The van der Waals surface area contributed by atoms with Gasteiger partial charge in [0.1, 0.15) is 5.82 Å². The molecule has 1 amide bonds. The Morgan fingerprint density at radius 3 is 3.06 bits per heavy atom. The average molecular weight is 252 g/mol. The lowest BCUT2D eigenvalue weighted by molar-refractivity contribution is 0.0946. The molecule has 4 nitrogen and oxygen atoms in total. The van der Waals surface area contributed by atoms with E-state index in [0.29, 0.717) is 18.2 Å². The summed E-state index contributed by atoms with van der Waals surface area (Å²) in [6.07, 6.45) is 1.90. The van der Waals surface area contributed by atoms with Crippen LogP contribution in [0.3, 0.4) is 0 Å². The van der Waals surface area contributed by atoms with E-state index in [4.69, 9.17) is 10.5 Å². The van der Waals surface area contributed by atoms with Crippen LogP contribution in [0.2, 0.25) is 0 Å². The third kappa shape index (κ3) is 3.20. The molecule has 98 valence electrons. The fraction of sp³-hybridized carbons (Fsp3) is 0.462. The number of halogens is 1. The quantitative estimate of drug-likeness (QED) is 0.799. The molecule has 1 fully saturated rings. The summed E-state index contributed by atoms with van der Waals surface area (Å²) in [5.74, 6) is -0.482. The largest absolute Gasteiger partial charge is 0.399 e. The van der Waals surface area contributed by atoms with Gasteiger partial charge < -0.3 is 15.8 Å². The van der Waals surface area contributed by atoms with Crippen LogP contribution < -0.4 is 11.1 Å². The second kappa shape index (κ2) is 5.82. The van der Waals surface area contributed by atoms with E-state index in [1.807, 2.05) is 0 Å². The number of nitrogens with one attached hydrogen (secondary N) is 1. The number of carbonyl (C=O) groups excluding carboxylic acids is 1. The van der Waals surface area contributed by atoms with E-state index < -0.39 is 11.7 Å². The Morgan fingerprint density at radius 2 is 2.39 bits per heavy atom. The summed E-state index contributed by atoms with van der Waals surface area (Å²) in [4.78, 5) is 11.7. The Kier molecular flexibility index (Phi) is 4.15. The SMILES string of the molecule is Nc1ccc(C(=O)NCCC2CCOC2)c(F)c1. The van der Waals surface area contributed by atoms with Crippen molar-refractivity contribution in [3.63, 3.8) is 0 Å². The summed E-state index contributed by atoms with van der Waals surface area (Å²) < 4.78 is 18.7. The molecule has 2 rings (SSSR count). The van der Waals surface area contributed by atoms with Crippen LogP contribution in [0, 0.1) is 11.7 Å². The number of hydrogen-bond donors (Lipinski definition) is 2. The summed E-state index contributed by atoms with van der Waals surface area (Å²) in [5.41, 5.74) is 5.77. The third-order valence-electron chi connectivity index (χ3n) is 3.10. The fourth-order valence-corrected chi connectivity index (χ4v) is 2.01. The molecule has 1 aromatic rings. The van der Waals surface area contributed by atoms with Gasteiger partial charge in [-0.25, -0.2) is 4.39 Å². The van der Waals surface area contributed by atoms with Gasteiger partial charge in [0.15, 0.2) is 0 Å². The van der Waals surface area contributed by atoms with E-state index in [1.165, 1.54) is 12.1 Å². The number of benzene rings is 1. The van der Waals surface area contributed by atoms with Crippen LogP contribution in [-0.4, -0.2) is 25.7 Å². The number of amides is 1. The zero-order valence-corrected chi connectivity index (χ0v) is 10.1. The lowest BCUT2D eigenvalue weighted by Gasteiger charge is -2.09. The standard InChI is InChI=1S/C13H17FN2O2/c14-12-7-10(15)1-2-11(12)13(17)16-5-3-9-4-6-18-8-9/h1-2,7,9H,3-6,8,15H2,(H,16,17). The molecule has 1 saturated heterocycles. The first-order valence-electron chi connectivity index (χ1n) is 6.08. The van der Waals surface area contributed by atoms with Gasteiger partial charge in [-0.05, 0) is 37.0 Å². The summed E-state index contributed by atoms with van der Waals surface area (Å²) >= 11 is 0. The summed E-state index contributed by atoms with van der Waals surface area (Å²) in [5, 5.41) is 2.71. The van der Waals surface area contributed by atoms with Gasteiger partial charge in [-0.2, -0.15) is 0 Å². The van der Waals surface area contributed by atoms with Gasteiger partial charge in [-0.1, -0.05) is 0 Å². The van der Waals surface area contributed by atoms with E-state index in [2.05, 4.69) is 5.32 Å². The van der Waals surface area contributed by atoms with Gasteiger partial charge in [0.05, 0.1) is 5.56 Å². The van der Waals surface area contributed by atoms with Gasteiger partial charge in [0.25, 0.3) is 5.91 Å². The molecule has 5 heteroatoms. The van der Waals surface area contributed by atoms with Crippen LogP contribution in [0.25, 0.3) is 0 Å². The van der Waals surface area contributed by atoms with Crippen molar-refractivity contribution in [1.82, 2.24) is 5.32 Å². The van der Waals surface area contributed by atoms with Gasteiger partial charge in [-0.15, -0.1) is 0 Å². The average Bonchev–Trinajstić information content (AvgIpc) is 2.81. The molecule has 1 aromatic carbocycles. The molecule has 1 aliphatic heterocycles. The minimum Gasteiger partial charge on any atom is -0.399 e. The smallest absolute Gasteiger partial charge is 0.254 e. The Balaban J connectivity index is 1.83.